The van der Waals surface area contributed by atoms with Gasteiger partial charge in [-0.05, 0) is 12.8 Å². The molecule has 3 unspecified atom stereocenters. The Morgan fingerprint density at radius 2 is 1.84 bits per heavy atom. The number of hydrogen-bond acceptors (Lipinski definition) is 5. The fourth-order valence-corrected chi connectivity index (χ4v) is 2.08. The number of ether oxygens (including phenoxy) is 2. The predicted octanol–water partition coefficient (Wildman–Crippen LogP) is 1.62. The summed E-state index contributed by atoms with van der Waals surface area (Å²) < 4.78 is 9.52. The van der Waals surface area contributed by atoms with E-state index in [1.165, 1.54) is 7.11 Å². The zero-order valence-corrected chi connectivity index (χ0v) is 12.1. The number of aliphatic carboxylic acids is 1. The van der Waals surface area contributed by atoms with Crippen LogP contribution in [0.15, 0.2) is 0 Å². The minimum Gasteiger partial charge on any atom is -0.478 e. The van der Waals surface area contributed by atoms with E-state index in [1.54, 1.807) is 20.8 Å². The highest BCUT2D eigenvalue weighted by Crippen LogP contribution is 2.36. The molecule has 0 fully saturated rings. The van der Waals surface area contributed by atoms with Crippen molar-refractivity contribution in [3.63, 3.8) is 0 Å². The Kier molecular flexibility index (Phi) is 6.52. The highest BCUT2D eigenvalue weighted by Gasteiger charge is 2.42. The lowest BCUT2D eigenvalue weighted by Crippen LogP contribution is -2.43. The molecule has 0 amide bonds. The molecule has 6 heteroatoms. The van der Waals surface area contributed by atoms with Crippen LogP contribution in [-0.2, 0) is 23.9 Å². The number of methoxy groups -OCH3 is 1. The second kappa shape index (κ2) is 7.11. The molecule has 0 heterocycles. The standard InChI is InChI=1S/C13H22O6/c1-6-13(4,7-8(2)12(17)18-5)10(11(15)16)19-9(3)14/h8,10H,6-7H2,1-5H3,(H,15,16). The molecule has 0 aromatic carbocycles. The molecule has 0 rings (SSSR count). The van der Waals surface area contributed by atoms with Gasteiger partial charge < -0.3 is 14.6 Å². The molecule has 0 aromatic rings. The quantitative estimate of drug-likeness (QED) is 0.709. The maximum Gasteiger partial charge on any atom is 0.345 e. The van der Waals surface area contributed by atoms with E-state index in [0.29, 0.717) is 6.42 Å². The number of carboxylic acid groups (broad SMARTS) is 1. The van der Waals surface area contributed by atoms with Crippen molar-refractivity contribution in [1.29, 1.82) is 0 Å². The maximum absolute atomic E-state index is 11.4. The van der Waals surface area contributed by atoms with Crippen LogP contribution in [0.3, 0.4) is 0 Å². The van der Waals surface area contributed by atoms with Crippen LogP contribution in [-0.4, -0.2) is 36.2 Å². The fourth-order valence-electron chi connectivity index (χ4n) is 2.08. The van der Waals surface area contributed by atoms with Crippen LogP contribution >= 0.6 is 0 Å². The Bertz CT molecular complexity index is 351. The Morgan fingerprint density at radius 3 is 2.16 bits per heavy atom. The molecule has 0 spiro atoms. The van der Waals surface area contributed by atoms with Crippen molar-refractivity contribution in [1.82, 2.24) is 0 Å². The first-order valence-electron chi connectivity index (χ1n) is 6.15. The van der Waals surface area contributed by atoms with Crippen molar-refractivity contribution in [2.24, 2.45) is 11.3 Å². The SMILES string of the molecule is CCC(C)(CC(C)C(=O)OC)C(OC(C)=O)C(=O)O. The summed E-state index contributed by atoms with van der Waals surface area (Å²) in [6.07, 6.45) is -0.555. The van der Waals surface area contributed by atoms with Crippen molar-refractivity contribution in [3.05, 3.63) is 0 Å². The Morgan fingerprint density at radius 1 is 1.32 bits per heavy atom. The average molecular weight is 274 g/mol. The van der Waals surface area contributed by atoms with Crippen molar-refractivity contribution in [2.45, 2.75) is 46.6 Å². The summed E-state index contributed by atoms with van der Waals surface area (Å²) in [5.74, 6) is -2.74. The Balaban J connectivity index is 5.13. The lowest BCUT2D eigenvalue weighted by molar-refractivity contribution is -0.173. The summed E-state index contributed by atoms with van der Waals surface area (Å²) >= 11 is 0. The molecular formula is C13H22O6. The zero-order valence-electron chi connectivity index (χ0n) is 12.1. The molecule has 6 nitrogen and oxygen atoms in total. The third-order valence-electron chi connectivity index (χ3n) is 3.32. The van der Waals surface area contributed by atoms with Crippen LogP contribution in [0.25, 0.3) is 0 Å². The normalized spacial score (nSPS) is 16.9. The Labute approximate surface area is 113 Å². The van der Waals surface area contributed by atoms with Gasteiger partial charge in [-0.15, -0.1) is 0 Å². The average Bonchev–Trinajstić information content (AvgIpc) is 2.33. The second-order valence-electron chi connectivity index (χ2n) is 4.96. The van der Waals surface area contributed by atoms with Gasteiger partial charge in [0.2, 0.25) is 6.10 Å². The molecule has 0 aliphatic heterocycles. The van der Waals surface area contributed by atoms with Crippen LogP contribution in [0.4, 0.5) is 0 Å². The maximum atomic E-state index is 11.4. The topological polar surface area (TPSA) is 89.9 Å². The van der Waals surface area contributed by atoms with E-state index in [2.05, 4.69) is 4.74 Å². The lowest BCUT2D eigenvalue weighted by Gasteiger charge is -2.35. The molecule has 0 radical (unpaired) electrons. The molecule has 1 N–H and O–H groups in total. The van der Waals surface area contributed by atoms with E-state index >= 15 is 0 Å². The number of esters is 2. The zero-order chi connectivity index (χ0) is 15.2. The summed E-state index contributed by atoms with van der Waals surface area (Å²) in [5.41, 5.74) is -0.828. The number of carboxylic acids is 1. The number of rotatable bonds is 7. The Hall–Kier alpha value is -1.59. The fraction of sp³-hybridized carbons (Fsp3) is 0.769. The van der Waals surface area contributed by atoms with Gasteiger partial charge in [0.25, 0.3) is 0 Å². The molecule has 0 aliphatic carbocycles. The van der Waals surface area contributed by atoms with Crippen molar-refractivity contribution >= 4 is 17.9 Å². The van der Waals surface area contributed by atoms with Gasteiger partial charge in [0.05, 0.1) is 13.0 Å². The third kappa shape index (κ3) is 4.89. The van der Waals surface area contributed by atoms with Gasteiger partial charge >= 0.3 is 17.9 Å². The molecule has 0 aromatic heterocycles. The van der Waals surface area contributed by atoms with Crippen LogP contribution in [0.1, 0.15) is 40.5 Å². The molecule has 19 heavy (non-hydrogen) atoms. The molecule has 0 aliphatic rings. The van der Waals surface area contributed by atoms with E-state index in [0.717, 1.165) is 6.92 Å². The first-order chi connectivity index (χ1) is 8.67. The minimum absolute atomic E-state index is 0.264. The molecule has 3 atom stereocenters. The minimum atomic E-state index is -1.28. The molecule has 110 valence electrons. The van der Waals surface area contributed by atoms with E-state index in [9.17, 15) is 19.5 Å². The summed E-state index contributed by atoms with van der Waals surface area (Å²) in [6, 6.07) is 0. The smallest absolute Gasteiger partial charge is 0.345 e. The number of hydrogen-bond donors (Lipinski definition) is 1. The van der Waals surface area contributed by atoms with E-state index in [-0.39, 0.29) is 6.42 Å². The van der Waals surface area contributed by atoms with Gasteiger partial charge in [0.1, 0.15) is 0 Å². The van der Waals surface area contributed by atoms with Gasteiger partial charge in [-0.3, -0.25) is 9.59 Å². The van der Waals surface area contributed by atoms with Crippen LogP contribution < -0.4 is 0 Å². The predicted molar refractivity (Wildman–Crippen MR) is 67.4 cm³/mol. The number of carbonyl (C=O) groups is 3. The molecular weight excluding hydrogens is 252 g/mol. The van der Waals surface area contributed by atoms with E-state index < -0.39 is 35.3 Å². The molecule has 0 bridgehead atoms. The second-order valence-corrected chi connectivity index (χ2v) is 4.96. The van der Waals surface area contributed by atoms with Gasteiger partial charge in [0.15, 0.2) is 0 Å². The summed E-state index contributed by atoms with van der Waals surface area (Å²) in [5, 5.41) is 9.20. The van der Waals surface area contributed by atoms with Gasteiger partial charge in [0, 0.05) is 12.3 Å². The van der Waals surface area contributed by atoms with Crippen molar-refractivity contribution < 1.29 is 29.0 Å². The first kappa shape index (κ1) is 17.4. The molecule has 0 saturated heterocycles. The van der Waals surface area contributed by atoms with E-state index in [4.69, 9.17) is 4.74 Å². The van der Waals surface area contributed by atoms with Gasteiger partial charge in [-0.1, -0.05) is 20.8 Å². The third-order valence-corrected chi connectivity index (χ3v) is 3.32. The summed E-state index contributed by atoms with van der Waals surface area (Å²) in [7, 11) is 1.28. The van der Waals surface area contributed by atoms with Crippen molar-refractivity contribution in [2.75, 3.05) is 7.11 Å². The van der Waals surface area contributed by atoms with Crippen LogP contribution in [0.5, 0.6) is 0 Å². The monoisotopic (exact) mass is 274 g/mol. The highest BCUT2D eigenvalue weighted by atomic mass is 16.6. The van der Waals surface area contributed by atoms with Crippen LogP contribution in [0.2, 0.25) is 0 Å². The largest absolute Gasteiger partial charge is 0.478 e. The highest BCUT2D eigenvalue weighted by molar-refractivity contribution is 5.78. The van der Waals surface area contributed by atoms with Crippen LogP contribution in [0, 0.1) is 11.3 Å². The lowest BCUT2D eigenvalue weighted by atomic mass is 9.74. The van der Waals surface area contributed by atoms with Gasteiger partial charge in [-0.25, -0.2) is 4.79 Å². The first-order valence-corrected chi connectivity index (χ1v) is 6.15. The van der Waals surface area contributed by atoms with Gasteiger partial charge in [-0.2, -0.15) is 0 Å². The number of carbonyl (C=O) groups excluding carboxylic acids is 2. The summed E-state index contributed by atoms with van der Waals surface area (Å²) in [6.45, 7) is 6.31. The summed E-state index contributed by atoms with van der Waals surface area (Å²) in [4.78, 5) is 33.7. The van der Waals surface area contributed by atoms with Crippen molar-refractivity contribution in [3.8, 4) is 0 Å². The molecule has 0 saturated carbocycles. The van der Waals surface area contributed by atoms with E-state index in [1.807, 2.05) is 0 Å².